The van der Waals surface area contributed by atoms with Crippen LogP contribution in [0.3, 0.4) is 0 Å². The first-order chi connectivity index (χ1) is 11.1. The summed E-state index contributed by atoms with van der Waals surface area (Å²) in [4.78, 5) is 29.1. The van der Waals surface area contributed by atoms with Gasteiger partial charge in [-0.25, -0.2) is 0 Å². The molecule has 0 aromatic heterocycles. The lowest BCUT2D eigenvalue weighted by Gasteiger charge is -2.41. The summed E-state index contributed by atoms with van der Waals surface area (Å²) in [5, 5.41) is 9.76. The maximum Gasteiger partial charge on any atom is 0.319 e. The first-order valence-corrected chi connectivity index (χ1v) is 8.98. The van der Waals surface area contributed by atoms with Crippen LogP contribution in [-0.4, -0.2) is 72.2 Å². The van der Waals surface area contributed by atoms with E-state index in [9.17, 15) is 14.7 Å². The summed E-state index contributed by atoms with van der Waals surface area (Å²) in [7, 11) is 0. The van der Waals surface area contributed by atoms with Crippen LogP contribution in [0.1, 0.15) is 44.9 Å². The smallest absolute Gasteiger partial charge is 0.319 e. The molecule has 1 atom stereocenters. The van der Waals surface area contributed by atoms with Gasteiger partial charge in [0.15, 0.2) is 0 Å². The number of carbonyl (C=O) groups is 2. The number of nitrogens with zero attached hydrogens (tertiary/aromatic N) is 2. The van der Waals surface area contributed by atoms with E-state index >= 15 is 0 Å². The Labute approximate surface area is 137 Å². The van der Waals surface area contributed by atoms with E-state index in [0.29, 0.717) is 32.0 Å². The Morgan fingerprint density at radius 1 is 1.00 bits per heavy atom. The number of aliphatic carboxylic acids is 1. The van der Waals surface area contributed by atoms with Gasteiger partial charge in [0.05, 0.1) is 6.61 Å². The van der Waals surface area contributed by atoms with Crippen molar-refractivity contribution in [3.63, 3.8) is 0 Å². The van der Waals surface area contributed by atoms with Crippen molar-refractivity contribution in [2.75, 3.05) is 39.4 Å². The second-order valence-electron chi connectivity index (χ2n) is 7.15. The Bertz CT molecular complexity index is 432. The number of carbonyl (C=O) groups excluding carboxylic acids is 1. The van der Waals surface area contributed by atoms with E-state index in [-0.39, 0.29) is 5.91 Å². The van der Waals surface area contributed by atoms with Crippen molar-refractivity contribution in [2.45, 2.75) is 51.0 Å². The van der Waals surface area contributed by atoms with E-state index in [0.717, 1.165) is 58.4 Å². The van der Waals surface area contributed by atoms with Crippen molar-refractivity contribution in [3.05, 3.63) is 0 Å². The number of rotatable bonds is 3. The molecule has 6 heteroatoms. The van der Waals surface area contributed by atoms with Crippen LogP contribution in [0, 0.1) is 5.41 Å². The monoisotopic (exact) mass is 324 g/mol. The number of carboxylic acids is 1. The lowest BCUT2D eigenvalue weighted by molar-refractivity contribution is -0.163. The SMILES string of the molecule is O=C(O)C1(C(=O)N2CCN(C3CCOC3)CC2)CCCCCC1. The van der Waals surface area contributed by atoms with E-state index in [4.69, 9.17) is 4.74 Å². The Morgan fingerprint density at radius 3 is 2.17 bits per heavy atom. The minimum Gasteiger partial charge on any atom is -0.480 e. The average Bonchev–Trinajstić information content (AvgIpc) is 2.98. The molecule has 3 rings (SSSR count). The topological polar surface area (TPSA) is 70.1 Å². The second-order valence-corrected chi connectivity index (χ2v) is 7.15. The molecule has 0 aromatic rings. The predicted molar refractivity (Wildman–Crippen MR) is 85.1 cm³/mol. The Hall–Kier alpha value is -1.14. The van der Waals surface area contributed by atoms with E-state index in [1.807, 2.05) is 0 Å². The molecule has 1 amide bonds. The third-order valence-corrected chi connectivity index (χ3v) is 5.80. The summed E-state index contributed by atoms with van der Waals surface area (Å²) in [6.07, 6.45) is 5.83. The Morgan fingerprint density at radius 2 is 1.65 bits per heavy atom. The third-order valence-electron chi connectivity index (χ3n) is 5.80. The van der Waals surface area contributed by atoms with Gasteiger partial charge in [0.2, 0.25) is 5.91 Å². The molecule has 1 saturated carbocycles. The number of ether oxygens (including phenoxy) is 1. The quantitative estimate of drug-likeness (QED) is 0.627. The highest BCUT2D eigenvalue weighted by Crippen LogP contribution is 2.37. The number of hydrogen-bond donors (Lipinski definition) is 1. The zero-order valence-corrected chi connectivity index (χ0v) is 13.8. The third kappa shape index (κ3) is 3.38. The van der Waals surface area contributed by atoms with E-state index < -0.39 is 11.4 Å². The summed E-state index contributed by atoms with van der Waals surface area (Å²) in [6, 6.07) is 0.471. The van der Waals surface area contributed by atoms with Gasteiger partial charge < -0.3 is 14.7 Å². The van der Waals surface area contributed by atoms with Crippen LogP contribution in [0.25, 0.3) is 0 Å². The normalized spacial score (nSPS) is 29.2. The maximum absolute atomic E-state index is 13.0. The first kappa shape index (κ1) is 16.7. The molecule has 2 saturated heterocycles. The van der Waals surface area contributed by atoms with Gasteiger partial charge in [0.25, 0.3) is 0 Å². The van der Waals surface area contributed by atoms with E-state index in [1.54, 1.807) is 4.90 Å². The molecule has 0 radical (unpaired) electrons. The van der Waals surface area contributed by atoms with E-state index in [2.05, 4.69) is 4.90 Å². The van der Waals surface area contributed by atoms with Gasteiger partial charge in [-0.3, -0.25) is 14.5 Å². The standard InChI is InChI=1S/C17H28N2O4/c20-15(17(16(21)22)6-3-1-2-4-7-17)19-10-8-18(9-11-19)14-5-12-23-13-14/h14H,1-13H2,(H,21,22). The molecule has 0 bridgehead atoms. The molecule has 2 heterocycles. The van der Waals surface area contributed by atoms with Gasteiger partial charge in [-0.1, -0.05) is 25.7 Å². The van der Waals surface area contributed by atoms with Crippen LogP contribution < -0.4 is 0 Å². The van der Waals surface area contributed by atoms with Gasteiger partial charge in [-0.05, 0) is 19.3 Å². The highest BCUT2D eigenvalue weighted by Gasteiger charge is 2.48. The van der Waals surface area contributed by atoms with Crippen molar-refractivity contribution < 1.29 is 19.4 Å². The van der Waals surface area contributed by atoms with Crippen LogP contribution >= 0.6 is 0 Å². The fourth-order valence-corrected chi connectivity index (χ4v) is 4.25. The van der Waals surface area contributed by atoms with Crippen molar-refractivity contribution in [2.24, 2.45) is 5.41 Å². The van der Waals surface area contributed by atoms with Gasteiger partial charge >= 0.3 is 5.97 Å². The van der Waals surface area contributed by atoms with Crippen molar-refractivity contribution in [1.82, 2.24) is 9.80 Å². The van der Waals surface area contributed by atoms with Crippen molar-refractivity contribution in [1.29, 1.82) is 0 Å². The van der Waals surface area contributed by atoms with Crippen molar-refractivity contribution in [3.8, 4) is 0 Å². The van der Waals surface area contributed by atoms with Crippen molar-refractivity contribution >= 4 is 11.9 Å². The summed E-state index contributed by atoms with van der Waals surface area (Å²) < 4.78 is 5.44. The molecule has 1 unspecified atom stereocenters. The molecule has 3 fully saturated rings. The Kier molecular flexibility index (Phi) is 5.21. The first-order valence-electron chi connectivity index (χ1n) is 8.98. The minimum absolute atomic E-state index is 0.144. The van der Waals surface area contributed by atoms with Crippen LogP contribution in [0.5, 0.6) is 0 Å². The molecule has 6 nitrogen and oxygen atoms in total. The zero-order chi connectivity index (χ0) is 16.3. The minimum atomic E-state index is -1.17. The van der Waals surface area contributed by atoms with Crippen LogP contribution in [0.2, 0.25) is 0 Å². The molecule has 3 aliphatic rings. The van der Waals surface area contributed by atoms with Crippen LogP contribution in [0.4, 0.5) is 0 Å². The van der Waals surface area contributed by atoms with Gasteiger partial charge in [-0.2, -0.15) is 0 Å². The number of carboxylic acid groups (broad SMARTS) is 1. The lowest BCUT2D eigenvalue weighted by atomic mass is 9.78. The second kappa shape index (κ2) is 7.18. The van der Waals surface area contributed by atoms with Crippen LogP contribution in [0.15, 0.2) is 0 Å². The molecule has 2 aliphatic heterocycles. The molecule has 1 aliphatic carbocycles. The maximum atomic E-state index is 13.0. The molecule has 1 N–H and O–H groups in total. The molecular weight excluding hydrogens is 296 g/mol. The summed E-state index contributed by atoms with van der Waals surface area (Å²) in [6.45, 7) is 4.55. The molecule has 0 spiro atoms. The predicted octanol–water partition coefficient (Wildman–Crippen LogP) is 1.34. The summed E-state index contributed by atoms with van der Waals surface area (Å²) >= 11 is 0. The molecular formula is C17H28N2O4. The lowest BCUT2D eigenvalue weighted by Crippen LogP contribution is -2.57. The fraction of sp³-hybridized carbons (Fsp3) is 0.882. The largest absolute Gasteiger partial charge is 0.480 e. The highest BCUT2D eigenvalue weighted by molar-refractivity contribution is 6.02. The number of amides is 1. The molecule has 0 aromatic carbocycles. The van der Waals surface area contributed by atoms with Crippen LogP contribution in [-0.2, 0) is 14.3 Å². The Balaban J connectivity index is 1.63. The van der Waals surface area contributed by atoms with Gasteiger partial charge in [0, 0.05) is 38.8 Å². The van der Waals surface area contributed by atoms with Gasteiger partial charge in [-0.15, -0.1) is 0 Å². The number of hydrogen-bond acceptors (Lipinski definition) is 4. The molecule has 130 valence electrons. The zero-order valence-electron chi connectivity index (χ0n) is 13.8. The summed E-state index contributed by atoms with van der Waals surface area (Å²) in [5.74, 6) is -1.06. The number of piperazine rings is 1. The molecule has 23 heavy (non-hydrogen) atoms. The highest BCUT2D eigenvalue weighted by atomic mass is 16.5. The fourth-order valence-electron chi connectivity index (χ4n) is 4.25. The van der Waals surface area contributed by atoms with Gasteiger partial charge in [0.1, 0.15) is 5.41 Å². The van der Waals surface area contributed by atoms with E-state index in [1.165, 1.54) is 0 Å². The average molecular weight is 324 g/mol. The summed E-state index contributed by atoms with van der Waals surface area (Å²) in [5.41, 5.74) is -1.17.